The summed E-state index contributed by atoms with van der Waals surface area (Å²) in [6.07, 6.45) is 4.67. The van der Waals surface area contributed by atoms with Crippen LogP contribution < -0.4 is 5.32 Å². The highest BCUT2D eigenvalue weighted by Gasteiger charge is 2.41. The van der Waals surface area contributed by atoms with Crippen LogP contribution in [0.25, 0.3) is 0 Å². The molecular weight excluding hydrogens is 356 g/mol. The Kier molecular flexibility index (Phi) is 5.09. The zero-order valence-corrected chi connectivity index (χ0v) is 15.2. The summed E-state index contributed by atoms with van der Waals surface area (Å²) in [4.78, 5) is 15.0. The number of rotatable bonds is 6. The van der Waals surface area contributed by atoms with Gasteiger partial charge >= 0.3 is 0 Å². The van der Waals surface area contributed by atoms with E-state index in [0.717, 1.165) is 36.0 Å². The summed E-state index contributed by atoms with van der Waals surface area (Å²) in [5.41, 5.74) is -0.293. The number of amides is 1. The van der Waals surface area contributed by atoms with Crippen molar-refractivity contribution in [3.05, 3.63) is 34.3 Å². The van der Waals surface area contributed by atoms with E-state index in [4.69, 9.17) is 0 Å². The summed E-state index contributed by atoms with van der Waals surface area (Å²) >= 11 is 3.47. The van der Waals surface area contributed by atoms with Crippen molar-refractivity contribution >= 4 is 21.8 Å². The smallest absolute Gasteiger partial charge is 0.237 e. The van der Waals surface area contributed by atoms with Crippen molar-refractivity contribution < 1.29 is 9.90 Å². The monoisotopic (exact) mass is 380 g/mol. The maximum absolute atomic E-state index is 12.7. The summed E-state index contributed by atoms with van der Waals surface area (Å²) in [5, 5.41) is 13.8. The van der Waals surface area contributed by atoms with E-state index in [1.54, 1.807) is 6.92 Å². The lowest BCUT2D eigenvalue weighted by Crippen LogP contribution is -2.50. The number of halogens is 1. The Morgan fingerprint density at radius 2 is 2.04 bits per heavy atom. The van der Waals surface area contributed by atoms with Crippen molar-refractivity contribution in [2.75, 3.05) is 19.6 Å². The van der Waals surface area contributed by atoms with E-state index in [2.05, 4.69) is 26.1 Å². The number of carbonyl (C=O) groups is 1. The van der Waals surface area contributed by atoms with E-state index in [0.29, 0.717) is 5.92 Å². The number of hydrogen-bond donors (Lipinski definition) is 2. The Morgan fingerprint density at radius 1 is 1.39 bits per heavy atom. The summed E-state index contributed by atoms with van der Waals surface area (Å²) < 4.78 is 0.859. The predicted octanol–water partition coefficient (Wildman–Crippen LogP) is 2.65. The van der Waals surface area contributed by atoms with E-state index in [1.807, 2.05) is 24.3 Å². The Hall–Kier alpha value is -0.910. The fourth-order valence-electron chi connectivity index (χ4n) is 3.47. The van der Waals surface area contributed by atoms with Gasteiger partial charge in [-0.15, -0.1) is 0 Å². The first-order valence-corrected chi connectivity index (χ1v) is 9.27. The molecule has 0 bridgehead atoms. The second-order valence-corrected chi connectivity index (χ2v) is 7.85. The lowest BCUT2D eigenvalue weighted by atomic mass is 9.96. The van der Waals surface area contributed by atoms with Gasteiger partial charge in [-0.25, -0.2) is 0 Å². The van der Waals surface area contributed by atoms with Crippen LogP contribution in [0.15, 0.2) is 28.7 Å². The van der Waals surface area contributed by atoms with Crippen molar-refractivity contribution in [1.82, 2.24) is 10.2 Å². The minimum atomic E-state index is -1.09. The van der Waals surface area contributed by atoms with Crippen LogP contribution in [-0.4, -0.2) is 41.6 Å². The van der Waals surface area contributed by atoms with E-state index < -0.39 is 5.60 Å². The van der Waals surface area contributed by atoms with Gasteiger partial charge in [0.25, 0.3) is 0 Å². The molecule has 2 fully saturated rings. The van der Waals surface area contributed by atoms with Gasteiger partial charge in [0.2, 0.25) is 5.91 Å². The molecule has 1 aliphatic heterocycles. The van der Waals surface area contributed by atoms with Gasteiger partial charge in [0.05, 0.1) is 12.6 Å². The zero-order chi connectivity index (χ0) is 16.4. The molecule has 1 heterocycles. The number of aliphatic hydroxyl groups is 1. The molecule has 1 aliphatic carbocycles. The molecule has 1 aromatic carbocycles. The summed E-state index contributed by atoms with van der Waals surface area (Å²) in [6.45, 7) is 4.02. The second kappa shape index (κ2) is 6.91. The average molecular weight is 381 g/mol. The molecular formula is C18H25BrN2O2. The van der Waals surface area contributed by atoms with Crippen molar-refractivity contribution in [2.24, 2.45) is 5.92 Å². The van der Waals surface area contributed by atoms with E-state index in [-0.39, 0.29) is 18.5 Å². The zero-order valence-electron chi connectivity index (χ0n) is 13.6. The molecule has 5 heteroatoms. The van der Waals surface area contributed by atoms with E-state index in [1.165, 1.54) is 12.8 Å². The van der Waals surface area contributed by atoms with Crippen LogP contribution >= 0.6 is 15.9 Å². The van der Waals surface area contributed by atoms with Gasteiger partial charge in [0.15, 0.2) is 0 Å². The first-order chi connectivity index (χ1) is 11.0. The largest absolute Gasteiger partial charge is 0.384 e. The molecule has 0 radical (unpaired) electrons. The highest BCUT2D eigenvalue weighted by molar-refractivity contribution is 9.10. The normalized spacial score (nSPS) is 22.6. The first-order valence-electron chi connectivity index (χ1n) is 8.48. The third-order valence-electron chi connectivity index (χ3n) is 4.93. The number of nitrogens with zero attached hydrogens (tertiary/aromatic N) is 1. The van der Waals surface area contributed by atoms with Crippen LogP contribution in [0.1, 0.15) is 38.2 Å². The minimum Gasteiger partial charge on any atom is -0.384 e. The quantitative estimate of drug-likeness (QED) is 0.797. The molecule has 1 aromatic rings. The fourth-order valence-corrected chi connectivity index (χ4v) is 4.18. The molecule has 0 unspecified atom stereocenters. The molecule has 0 aromatic heterocycles. The number of carbonyl (C=O) groups excluding carboxylic acids is 1. The maximum Gasteiger partial charge on any atom is 0.237 e. The molecule has 2 N–H and O–H groups in total. The summed E-state index contributed by atoms with van der Waals surface area (Å²) in [5.74, 6) is 0.572. The van der Waals surface area contributed by atoms with Crippen LogP contribution in [0, 0.1) is 5.92 Å². The summed E-state index contributed by atoms with van der Waals surface area (Å²) in [6, 6.07) is 7.59. The molecule has 0 spiro atoms. The fraction of sp³-hybridized carbons (Fsp3) is 0.611. The Morgan fingerprint density at radius 3 is 2.65 bits per heavy atom. The Bertz CT molecular complexity index is 566. The number of nitrogens with one attached hydrogen (secondary N) is 1. The van der Waals surface area contributed by atoms with Crippen LogP contribution in [-0.2, 0) is 10.4 Å². The van der Waals surface area contributed by atoms with Gasteiger partial charge in [-0.05, 0) is 63.2 Å². The van der Waals surface area contributed by atoms with E-state index >= 15 is 0 Å². The topological polar surface area (TPSA) is 52.6 Å². The predicted molar refractivity (Wildman–Crippen MR) is 94.0 cm³/mol. The molecule has 1 saturated carbocycles. The Balaban J connectivity index is 1.64. The Labute approximate surface area is 146 Å². The third-order valence-corrected chi connectivity index (χ3v) is 5.62. The van der Waals surface area contributed by atoms with Gasteiger partial charge in [-0.3, -0.25) is 9.69 Å². The lowest BCUT2D eigenvalue weighted by Gasteiger charge is -2.30. The lowest BCUT2D eigenvalue weighted by molar-refractivity contribution is -0.128. The number of benzene rings is 1. The van der Waals surface area contributed by atoms with Crippen LogP contribution in [0.3, 0.4) is 0 Å². The van der Waals surface area contributed by atoms with Crippen molar-refractivity contribution in [3.8, 4) is 0 Å². The highest BCUT2D eigenvalue weighted by Crippen LogP contribution is 2.37. The summed E-state index contributed by atoms with van der Waals surface area (Å²) in [7, 11) is 0. The van der Waals surface area contributed by atoms with Crippen molar-refractivity contribution in [2.45, 2.75) is 44.2 Å². The highest BCUT2D eigenvalue weighted by atomic mass is 79.9. The molecule has 2 aliphatic rings. The first kappa shape index (κ1) is 16.9. The third kappa shape index (κ3) is 3.95. The number of hydrogen-bond acceptors (Lipinski definition) is 3. The second-order valence-electron chi connectivity index (χ2n) is 7.00. The van der Waals surface area contributed by atoms with Gasteiger partial charge in [0, 0.05) is 4.47 Å². The van der Waals surface area contributed by atoms with Gasteiger partial charge in [-0.1, -0.05) is 34.1 Å². The van der Waals surface area contributed by atoms with Crippen molar-refractivity contribution in [1.29, 1.82) is 0 Å². The van der Waals surface area contributed by atoms with Crippen LogP contribution in [0.4, 0.5) is 0 Å². The molecule has 4 nitrogen and oxygen atoms in total. The van der Waals surface area contributed by atoms with Crippen LogP contribution in [0.2, 0.25) is 0 Å². The molecule has 1 amide bonds. The average Bonchev–Trinajstić information content (AvgIpc) is 3.20. The van der Waals surface area contributed by atoms with Gasteiger partial charge in [0.1, 0.15) is 5.60 Å². The molecule has 23 heavy (non-hydrogen) atoms. The maximum atomic E-state index is 12.7. The minimum absolute atomic E-state index is 0.00693. The SMILES string of the molecule is C[C@@](O)(CNC(=O)[C@H](C1CC1)N1CCCC1)c1ccccc1Br. The molecule has 1 saturated heterocycles. The molecule has 2 atom stereocenters. The molecule has 3 rings (SSSR count). The number of likely N-dealkylation sites (tertiary alicyclic amines) is 1. The standard InChI is InChI=1S/C18H25BrN2O2/c1-18(23,14-6-2-3-7-15(14)19)12-20-17(22)16(13-8-9-13)21-10-4-5-11-21/h2-3,6-7,13,16,23H,4-5,8-12H2,1H3,(H,20,22)/t16-,18+/m0/s1. The van der Waals surface area contributed by atoms with E-state index in [9.17, 15) is 9.90 Å². The molecule has 126 valence electrons. The van der Waals surface area contributed by atoms with Crippen molar-refractivity contribution in [3.63, 3.8) is 0 Å². The van der Waals surface area contributed by atoms with Crippen LogP contribution in [0.5, 0.6) is 0 Å². The van der Waals surface area contributed by atoms with Gasteiger partial charge < -0.3 is 10.4 Å². The van der Waals surface area contributed by atoms with Gasteiger partial charge in [-0.2, -0.15) is 0 Å².